The van der Waals surface area contributed by atoms with Crippen LogP contribution in [0.2, 0.25) is 10.4 Å². The summed E-state index contributed by atoms with van der Waals surface area (Å²) in [7, 11) is 0. The van der Waals surface area contributed by atoms with Crippen molar-refractivity contribution in [3.8, 4) is 0 Å². The fourth-order valence-corrected chi connectivity index (χ4v) is 2.10. The second-order valence-electron chi connectivity index (χ2n) is 2.17. The van der Waals surface area contributed by atoms with Gasteiger partial charge in [0, 0.05) is 0 Å². The number of rotatable bonds is 0. The highest BCUT2D eigenvalue weighted by Crippen LogP contribution is 2.27. The molecule has 0 aliphatic carbocycles. The molecule has 62 valence electrons. The number of nitrogens with zero attached hydrogens (tertiary/aromatic N) is 3. The van der Waals surface area contributed by atoms with E-state index in [0.29, 0.717) is 10.8 Å². The molecule has 0 atom stereocenters. The fourth-order valence-electron chi connectivity index (χ4n) is 0.870. The van der Waals surface area contributed by atoms with Crippen LogP contribution in [0.15, 0.2) is 0 Å². The lowest BCUT2D eigenvalue weighted by atomic mass is 10.6. The maximum absolute atomic E-state index is 5.81. The van der Waals surface area contributed by atoms with Gasteiger partial charge in [-0.1, -0.05) is 11.6 Å². The fraction of sp³-hybridized carbons (Fsp3) is 0.167. The zero-order valence-electron chi connectivity index (χ0n) is 6.01. The van der Waals surface area contributed by atoms with Crippen LogP contribution in [-0.4, -0.2) is 15.0 Å². The molecular weight excluding hydrogens is 217 g/mol. The van der Waals surface area contributed by atoms with Crippen molar-refractivity contribution in [1.82, 2.24) is 15.0 Å². The van der Waals surface area contributed by atoms with Gasteiger partial charge in [0.05, 0.1) is 5.01 Å². The molecule has 3 nitrogen and oxygen atoms in total. The van der Waals surface area contributed by atoms with Crippen LogP contribution in [0.4, 0.5) is 0 Å². The van der Waals surface area contributed by atoms with Crippen molar-refractivity contribution in [1.29, 1.82) is 0 Å². The summed E-state index contributed by atoms with van der Waals surface area (Å²) in [5, 5.41) is 1.41. The van der Waals surface area contributed by atoms with Crippen LogP contribution < -0.4 is 0 Å². The van der Waals surface area contributed by atoms with Crippen LogP contribution >= 0.6 is 34.5 Å². The zero-order chi connectivity index (χ0) is 8.72. The summed E-state index contributed by atoms with van der Waals surface area (Å²) in [6.45, 7) is 1.89. The van der Waals surface area contributed by atoms with Gasteiger partial charge in [-0.05, 0) is 18.5 Å². The SMILES string of the molecule is Cc1nc2nc(Cl)nc(Cl)c2s1. The van der Waals surface area contributed by atoms with Gasteiger partial charge in [-0.25, -0.2) is 9.97 Å². The first-order valence-electron chi connectivity index (χ1n) is 3.13. The summed E-state index contributed by atoms with van der Waals surface area (Å²) in [5.41, 5.74) is 0.572. The highest BCUT2D eigenvalue weighted by Gasteiger charge is 2.08. The molecule has 2 aromatic rings. The minimum Gasteiger partial charge on any atom is -0.222 e. The van der Waals surface area contributed by atoms with Crippen molar-refractivity contribution in [2.45, 2.75) is 6.92 Å². The molecule has 0 bridgehead atoms. The minimum absolute atomic E-state index is 0.137. The summed E-state index contributed by atoms with van der Waals surface area (Å²) < 4.78 is 0.790. The van der Waals surface area contributed by atoms with E-state index in [1.807, 2.05) is 6.92 Å². The molecule has 2 heterocycles. The summed E-state index contributed by atoms with van der Waals surface area (Å²) in [6, 6.07) is 0. The molecule has 12 heavy (non-hydrogen) atoms. The van der Waals surface area contributed by atoms with Gasteiger partial charge in [-0.15, -0.1) is 11.3 Å². The second-order valence-corrected chi connectivity index (χ2v) is 4.07. The van der Waals surface area contributed by atoms with Gasteiger partial charge in [-0.3, -0.25) is 0 Å². The number of thiazole rings is 1. The summed E-state index contributed by atoms with van der Waals surface area (Å²) in [6.07, 6.45) is 0. The van der Waals surface area contributed by atoms with Crippen molar-refractivity contribution >= 4 is 44.9 Å². The predicted molar refractivity (Wildman–Crippen MR) is 50.0 cm³/mol. The molecule has 2 rings (SSSR count). The van der Waals surface area contributed by atoms with Crippen molar-refractivity contribution in [3.05, 3.63) is 15.4 Å². The third-order valence-corrected chi connectivity index (χ3v) is 2.81. The Morgan fingerprint density at radius 2 is 1.92 bits per heavy atom. The second kappa shape index (κ2) is 2.80. The van der Waals surface area contributed by atoms with Crippen molar-refractivity contribution < 1.29 is 0 Å². The molecule has 0 saturated carbocycles. The van der Waals surface area contributed by atoms with Crippen molar-refractivity contribution in [2.24, 2.45) is 0 Å². The molecule has 0 aromatic carbocycles. The molecule has 0 spiro atoms. The van der Waals surface area contributed by atoms with Crippen molar-refractivity contribution in [2.75, 3.05) is 0 Å². The van der Waals surface area contributed by atoms with Gasteiger partial charge in [-0.2, -0.15) is 4.98 Å². The molecule has 0 aliphatic heterocycles. The Balaban J connectivity index is 2.88. The summed E-state index contributed by atoms with van der Waals surface area (Å²) in [5.74, 6) is 0. The monoisotopic (exact) mass is 219 g/mol. The topological polar surface area (TPSA) is 38.7 Å². The molecule has 2 aromatic heterocycles. The number of aromatic nitrogens is 3. The van der Waals surface area contributed by atoms with E-state index < -0.39 is 0 Å². The van der Waals surface area contributed by atoms with Gasteiger partial charge < -0.3 is 0 Å². The number of halogens is 2. The molecule has 0 saturated heterocycles. The van der Waals surface area contributed by atoms with E-state index in [-0.39, 0.29) is 5.28 Å². The lowest BCUT2D eigenvalue weighted by Gasteiger charge is -1.90. The summed E-state index contributed by atoms with van der Waals surface area (Å²) >= 11 is 12.9. The van der Waals surface area contributed by atoms with E-state index in [2.05, 4.69) is 15.0 Å². The molecule has 0 fully saturated rings. The van der Waals surface area contributed by atoms with Crippen LogP contribution in [0.3, 0.4) is 0 Å². The number of aryl methyl sites for hydroxylation is 1. The van der Waals surface area contributed by atoms with E-state index in [1.165, 1.54) is 11.3 Å². The number of fused-ring (bicyclic) bond motifs is 1. The van der Waals surface area contributed by atoms with Crippen molar-refractivity contribution in [3.63, 3.8) is 0 Å². The zero-order valence-corrected chi connectivity index (χ0v) is 8.33. The largest absolute Gasteiger partial charge is 0.225 e. The Bertz CT molecular complexity index is 440. The quantitative estimate of drug-likeness (QED) is 0.506. The molecule has 0 amide bonds. The first-order chi connectivity index (χ1) is 5.66. The van der Waals surface area contributed by atoms with E-state index in [9.17, 15) is 0 Å². The third kappa shape index (κ3) is 1.26. The Labute approximate surface area is 82.4 Å². The normalized spacial score (nSPS) is 10.9. The van der Waals surface area contributed by atoms with E-state index >= 15 is 0 Å². The molecule has 0 unspecified atom stereocenters. The highest BCUT2D eigenvalue weighted by atomic mass is 35.5. The van der Waals surface area contributed by atoms with Gasteiger partial charge >= 0.3 is 0 Å². The Morgan fingerprint density at radius 1 is 1.17 bits per heavy atom. The summed E-state index contributed by atoms with van der Waals surface area (Å²) in [4.78, 5) is 11.9. The third-order valence-electron chi connectivity index (χ3n) is 1.29. The molecule has 6 heteroatoms. The van der Waals surface area contributed by atoms with Crippen LogP contribution in [-0.2, 0) is 0 Å². The van der Waals surface area contributed by atoms with E-state index in [1.54, 1.807) is 0 Å². The minimum atomic E-state index is 0.137. The Morgan fingerprint density at radius 3 is 2.67 bits per heavy atom. The van der Waals surface area contributed by atoms with Crippen LogP contribution in [0.25, 0.3) is 10.3 Å². The Hall–Kier alpha value is -0.450. The molecule has 0 aliphatic rings. The lowest BCUT2D eigenvalue weighted by Crippen LogP contribution is -1.83. The first kappa shape index (κ1) is 8.16. The average Bonchev–Trinajstić information content (AvgIpc) is 2.29. The number of hydrogen-bond acceptors (Lipinski definition) is 4. The Kier molecular flexibility index (Phi) is 1.90. The van der Waals surface area contributed by atoms with Gasteiger partial charge in [0.25, 0.3) is 0 Å². The van der Waals surface area contributed by atoms with Crippen LogP contribution in [0.1, 0.15) is 5.01 Å². The van der Waals surface area contributed by atoms with Gasteiger partial charge in [0.1, 0.15) is 4.70 Å². The maximum atomic E-state index is 5.81. The first-order valence-corrected chi connectivity index (χ1v) is 4.70. The van der Waals surface area contributed by atoms with Crippen LogP contribution in [0.5, 0.6) is 0 Å². The van der Waals surface area contributed by atoms with E-state index in [0.717, 1.165) is 9.71 Å². The molecular formula is C6H3Cl2N3S. The van der Waals surface area contributed by atoms with E-state index in [4.69, 9.17) is 23.2 Å². The predicted octanol–water partition coefficient (Wildman–Crippen LogP) is 2.70. The van der Waals surface area contributed by atoms with Gasteiger partial charge in [0.2, 0.25) is 5.28 Å². The standard InChI is InChI=1S/C6H3Cl2N3S/c1-2-9-5-3(12-2)4(7)10-6(8)11-5/h1H3. The molecule has 0 N–H and O–H groups in total. The number of hydrogen-bond donors (Lipinski definition) is 0. The lowest BCUT2D eigenvalue weighted by molar-refractivity contribution is 1.19. The smallest absolute Gasteiger partial charge is 0.222 e. The van der Waals surface area contributed by atoms with Crippen LogP contribution in [0, 0.1) is 6.92 Å². The molecule has 0 radical (unpaired) electrons. The van der Waals surface area contributed by atoms with Gasteiger partial charge in [0.15, 0.2) is 10.8 Å². The average molecular weight is 220 g/mol. The highest BCUT2D eigenvalue weighted by molar-refractivity contribution is 7.19. The maximum Gasteiger partial charge on any atom is 0.225 e.